The van der Waals surface area contributed by atoms with Gasteiger partial charge in [-0.1, -0.05) is 24.3 Å². The van der Waals surface area contributed by atoms with E-state index in [0.29, 0.717) is 31.1 Å². The largest absolute Gasteiger partial charge is 0.489 e. The third-order valence-electron chi connectivity index (χ3n) is 3.67. The number of hydrogen-bond acceptors (Lipinski definition) is 6. The van der Waals surface area contributed by atoms with E-state index in [9.17, 15) is 9.18 Å². The number of carbonyl (C=O) groups excluding carboxylic acids is 1. The van der Waals surface area contributed by atoms with Gasteiger partial charge in [-0.2, -0.15) is 0 Å². The lowest BCUT2D eigenvalue weighted by Gasteiger charge is -2.16. The fourth-order valence-electron chi connectivity index (χ4n) is 2.21. The van der Waals surface area contributed by atoms with Crippen molar-refractivity contribution in [3.8, 4) is 5.75 Å². The second-order valence-electron chi connectivity index (χ2n) is 5.57. The summed E-state index contributed by atoms with van der Waals surface area (Å²) < 4.78 is 38.9. The van der Waals surface area contributed by atoms with E-state index in [1.165, 1.54) is 19.2 Å². The van der Waals surface area contributed by atoms with Crippen LogP contribution in [0.1, 0.15) is 17.2 Å². The Hall–Kier alpha value is -2.48. The van der Waals surface area contributed by atoms with E-state index < -0.39 is 12.1 Å². The van der Waals surface area contributed by atoms with Gasteiger partial charge in [-0.3, -0.25) is 0 Å². The second-order valence-corrected chi connectivity index (χ2v) is 5.57. The highest BCUT2D eigenvalue weighted by molar-refractivity contribution is 5.76. The zero-order valence-corrected chi connectivity index (χ0v) is 15.4. The van der Waals surface area contributed by atoms with E-state index in [2.05, 4.69) is 0 Å². The third kappa shape index (κ3) is 6.97. The Bertz CT molecular complexity index is 687. The Morgan fingerprint density at radius 1 is 1.00 bits per heavy atom. The van der Waals surface area contributed by atoms with Crippen LogP contribution < -0.4 is 4.74 Å². The molecule has 0 aromatic heterocycles. The SMILES string of the molecule is COCCOCOC(C(=O)OC)c1ccc(OCc2ccc(F)cc2)cc1. The molecule has 2 aromatic rings. The molecule has 0 aliphatic carbocycles. The van der Waals surface area contributed by atoms with Crippen molar-refractivity contribution in [3.63, 3.8) is 0 Å². The number of ether oxygens (including phenoxy) is 5. The summed E-state index contributed by atoms with van der Waals surface area (Å²) in [5.41, 5.74) is 1.47. The monoisotopic (exact) mass is 378 g/mol. The lowest BCUT2D eigenvalue weighted by atomic mass is 10.1. The Balaban J connectivity index is 1.92. The molecule has 2 rings (SSSR count). The number of benzene rings is 2. The van der Waals surface area contributed by atoms with E-state index in [0.717, 1.165) is 5.56 Å². The van der Waals surface area contributed by atoms with Crippen molar-refractivity contribution in [3.05, 3.63) is 65.5 Å². The predicted octanol–water partition coefficient (Wildman–Crippen LogP) is 3.26. The Kier molecular flexibility index (Phi) is 8.70. The van der Waals surface area contributed by atoms with Crippen molar-refractivity contribution in [1.29, 1.82) is 0 Å². The lowest BCUT2D eigenvalue weighted by Crippen LogP contribution is -2.19. The first-order valence-electron chi connectivity index (χ1n) is 8.37. The fraction of sp³-hybridized carbons (Fsp3) is 0.350. The Morgan fingerprint density at radius 2 is 1.70 bits per heavy atom. The van der Waals surface area contributed by atoms with Crippen LogP contribution >= 0.6 is 0 Å². The van der Waals surface area contributed by atoms with Gasteiger partial charge in [0.25, 0.3) is 0 Å². The maximum atomic E-state index is 12.9. The minimum atomic E-state index is -0.899. The Labute approximate surface area is 157 Å². The molecular weight excluding hydrogens is 355 g/mol. The highest BCUT2D eigenvalue weighted by Gasteiger charge is 2.22. The smallest absolute Gasteiger partial charge is 0.339 e. The molecule has 1 atom stereocenters. The molecule has 6 nitrogen and oxygen atoms in total. The van der Waals surface area contributed by atoms with Crippen molar-refractivity contribution in [2.45, 2.75) is 12.7 Å². The van der Waals surface area contributed by atoms with E-state index in [1.807, 2.05) is 0 Å². The number of carbonyl (C=O) groups is 1. The van der Waals surface area contributed by atoms with Crippen LogP contribution in [0.4, 0.5) is 4.39 Å². The van der Waals surface area contributed by atoms with Crippen LogP contribution in [0.3, 0.4) is 0 Å². The standard InChI is InChI=1S/C20H23FO6/c1-23-11-12-25-14-27-19(20(22)24-2)16-5-9-18(10-6-16)26-13-15-3-7-17(21)8-4-15/h3-10,19H,11-14H2,1-2H3. The summed E-state index contributed by atoms with van der Waals surface area (Å²) in [5.74, 6) is -0.198. The quantitative estimate of drug-likeness (QED) is 0.340. The average Bonchev–Trinajstić information content (AvgIpc) is 2.70. The minimum Gasteiger partial charge on any atom is -0.489 e. The van der Waals surface area contributed by atoms with Crippen LogP contribution in [0.5, 0.6) is 5.75 Å². The van der Waals surface area contributed by atoms with Crippen LogP contribution in [0.2, 0.25) is 0 Å². The van der Waals surface area contributed by atoms with Crippen molar-refractivity contribution < 1.29 is 32.9 Å². The van der Waals surface area contributed by atoms with Crippen molar-refractivity contribution in [1.82, 2.24) is 0 Å². The first kappa shape index (κ1) is 20.8. The lowest BCUT2D eigenvalue weighted by molar-refractivity contribution is -0.166. The molecule has 0 aliphatic heterocycles. The molecule has 0 bridgehead atoms. The van der Waals surface area contributed by atoms with Gasteiger partial charge in [0.1, 0.15) is 25.0 Å². The first-order chi connectivity index (χ1) is 13.1. The molecule has 0 radical (unpaired) electrons. The van der Waals surface area contributed by atoms with Gasteiger partial charge in [0.05, 0.1) is 20.3 Å². The van der Waals surface area contributed by atoms with Crippen molar-refractivity contribution >= 4 is 5.97 Å². The third-order valence-corrected chi connectivity index (χ3v) is 3.67. The molecule has 0 saturated carbocycles. The van der Waals surface area contributed by atoms with E-state index >= 15 is 0 Å². The molecule has 146 valence electrons. The van der Waals surface area contributed by atoms with Gasteiger partial charge in [0.15, 0.2) is 6.10 Å². The maximum Gasteiger partial charge on any atom is 0.339 e. The highest BCUT2D eigenvalue weighted by Crippen LogP contribution is 2.23. The van der Waals surface area contributed by atoms with E-state index in [-0.39, 0.29) is 12.6 Å². The van der Waals surface area contributed by atoms with Crippen LogP contribution in [0, 0.1) is 5.82 Å². The number of halogens is 1. The summed E-state index contributed by atoms with van der Waals surface area (Å²) in [6, 6.07) is 13.0. The highest BCUT2D eigenvalue weighted by atomic mass is 19.1. The van der Waals surface area contributed by atoms with Gasteiger partial charge in [-0.15, -0.1) is 0 Å². The molecule has 0 saturated heterocycles. The van der Waals surface area contributed by atoms with Crippen LogP contribution in [-0.4, -0.2) is 40.2 Å². The molecule has 0 N–H and O–H groups in total. The summed E-state index contributed by atoms with van der Waals surface area (Å²) in [7, 11) is 2.87. The molecule has 0 fully saturated rings. The average molecular weight is 378 g/mol. The van der Waals surface area contributed by atoms with Crippen LogP contribution in [-0.2, 0) is 30.3 Å². The number of methoxy groups -OCH3 is 2. The summed E-state index contributed by atoms with van der Waals surface area (Å²) >= 11 is 0. The fourth-order valence-corrected chi connectivity index (χ4v) is 2.21. The summed E-state index contributed by atoms with van der Waals surface area (Å²) in [5, 5.41) is 0. The van der Waals surface area contributed by atoms with Gasteiger partial charge in [0, 0.05) is 7.11 Å². The topological polar surface area (TPSA) is 63.2 Å². The van der Waals surface area contributed by atoms with Crippen LogP contribution in [0.15, 0.2) is 48.5 Å². The van der Waals surface area contributed by atoms with Crippen molar-refractivity contribution in [2.24, 2.45) is 0 Å². The van der Waals surface area contributed by atoms with Crippen molar-refractivity contribution in [2.75, 3.05) is 34.2 Å². The number of rotatable bonds is 11. The zero-order valence-electron chi connectivity index (χ0n) is 15.4. The normalized spacial score (nSPS) is 11.8. The van der Waals surface area contributed by atoms with E-state index in [1.54, 1.807) is 43.5 Å². The molecule has 1 unspecified atom stereocenters. The molecule has 7 heteroatoms. The van der Waals surface area contributed by atoms with E-state index in [4.69, 9.17) is 23.7 Å². The molecule has 0 spiro atoms. The van der Waals surface area contributed by atoms with Gasteiger partial charge in [-0.05, 0) is 35.4 Å². The molecule has 0 amide bonds. The summed E-state index contributed by atoms with van der Waals surface area (Å²) in [4.78, 5) is 12.0. The maximum absolute atomic E-state index is 12.9. The minimum absolute atomic E-state index is 0.0635. The molecule has 27 heavy (non-hydrogen) atoms. The summed E-state index contributed by atoms with van der Waals surface area (Å²) in [6.07, 6.45) is -0.899. The summed E-state index contributed by atoms with van der Waals surface area (Å²) in [6.45, 7) is 1.04. The number of hydrogen-bond donors (Lipinski definition) is 0. The molecule has 2 aromatic carbocycles. The molecule has 0 heterocycles. The van der Waals surface area contributed by atoms with Gasteiger partial charge in [-0.25, -0.2) is 9.18 Å². The first-order valence-corrected chi connectivity index (χ1v) is 8.37. The Morgan fingerprint density at radius 3 is 2.33 bits per heavy atom. The predicted molar refractivity (Wildman–Crippen MR) is 95.7 cm³/mol. The van der Waals surface area contributed by atoms with Crippen LogP contribution in [0.25, 0.3) is 0 Å². The van der Waals surface area contributed by atoms with Gasteiger partial charge < -0.3 is 23.7 Å². The van der Waals surface area contributed by atoms with Gasteiger partial charge in [0.2, 0.25) is 0 Å². The van der Waals surface area contributed by atoms with Gasteiger partial charge >= 0.3 is 5.97 Å². The number of esters is 1. The molecule has 0 aliphatic rings. The molecular formula is C20H23FO6. The second kappa shape index (κ2) is 11.3. The zero-order chi connectivity index (χ0) is 19.5.